The summed E-state index contributed by atoms with van der Waals surface area (Å²) in [6.45, 7) is 3.54. The fourth-order valence-electron chi connectivity index (χ4n) is 2.70. The lowest BCUT2D eigenvalue weighted by molar-refractivity contribution is -0.114. The number of fused-ring (bicyclic) bond motifs is 1. The first-order valence-electron chi connectivity index (χ1n) is 8.21. The monoisotopic (exact) mass is 349 g/mol. The van der Waals surface area contributed by atoms with Crippen molar-refractivity contribution in [3.8, 4) is 0 Å². The number of benzene rings is 2. The molecular formula is C20H19N3O3. The standard InChI is InChI=1S/C20H19N3O3/c1-12-8-16-9-14(6-7-18(16)23-19(12)25)11-21-20(26)15-4-3-5-17(10-15)22-13(2)24/h3-10H,11H2,1-2H3,(H,21,26)(H,22,24)(H,23,25). The van der Waals surface area contributed by atoms with Crippen molar-refractivity contribution in [2.45, 2.75) is 20.4 Å². The number of amides is 2. The second-order valence-corrected chi connectivity index (χ2v) is 6.15. The first kappa shape index (κ1) is 17.4. The van der Waals surface area contributed by atoms with Crippen LogP contribution in [0.3, 0.4) is 0 Å². The maximum absolute atomic E-state index is 12.3. The van der Waals surface area contributed by atoms with Gasteiger partial charge in [0.15, 0.2) is 0 Å². The Labute approximate surface area is 150 Å². The molecule has 0 spiro atoms. The van der Waals surface area contributed by atoms with E-state index in [4.69, 9.17) is 0 Å². The van der Waals surface area contributed by atoms with Gasteiger partial charge in [-0.3, -0.25) is 14.4 Å². The Morgan fingerprint density at radius 2 is 1.88 bits per heavy atom. The Morgan fingerprint density at radius 3 is 2.65 bits per heavy atom. The lowest BCUT2D eigenvalue weighted by Gasteiger charge is -2.08. The minimum atomic E-state index is -0.227. The molecule has 2 aromatic carbocycles. The molecule has 6 nitrogen and oxygen atoms in total. The number of pyridine rings is 1. The maximum Gasteiger partial charge on any atom is 0.251 e. The van der Waals surface area contributed by atoms with E-state index < -0.39 is 0 Å². The van der Waals surface area contributed by atoms with E-state index in [2.05, 4.69) is 15.6 Å². The zero-order valence-electron chi connectivity index (χ0n) is 14.6. The van der Waals surface area contributed by atoms with Gasteiger partial charge in [0.1, 0.15) is 0 Å². The predicted octanol–water partition coefficient (Wildman–Crippen LogP) is 2.72. The summed E-state index contributed by atoms with van der Waals surface area (Å²) in [7, 11) is 0. The van der Waals surface area contributed by atoms with Crippen LogP contribution in [-0.2, 0) is 11.3 Å². The molecule has 0 unspecified atom stereocenters. The number of aryl methyl sites for hydroxylation is 1. The molecule has 0 radical (unpaired) electrons. The first-order chi connectivity index (χ1) is 12.4. The van der Waals surface area contributed by atoms with Gasteiger partial charge < -0.3 is 15.6 Å². The lowest BCUT2D eigenvalue weighted by Crippen LogP contribution is -2.23. The summed E-state index contributed by atoms with van der Waals surface area (Å²) < 4.78 is 0. The molecule has 6 heteroatoms. The van der Waals surface area contributed by atoms with Crippen LogP contribution in [0.5, 0.6) is 0 Å². The molecule has 0 aliphatic heterocycles. The van der Waals surface area contributed by atoms with Crippen molar-refractivity contribution in [2.24, 2.45) is 0 Å². The fraction of sp³-hybridized carbons (Fsp3) is 0.150. The summed E-state index contributed by atoms with van der Waals surface area (Å²) in [5.74, 6) is -0.415. The fourth-order valence-corrected chi connectivity index (χ4v) is 2.70. The minimum Gasteiger partial charge on any atom is -0.348 e. The van der Waals surface area contributed by atoms with Crippen molar-refractivity contribution in [1.82, 2.24) is 10.3 Å². The largest absolute Gasteiger partial charge is 0.348 e. The van der Waals surface area contributed by atoms with Crippen molar-refractivity contribution in [1.29, 1.82) is 0 Å². The van der Waals surface area contributed by atoms with Crippen LogP contribution in [0, 0.1) is 6.92 Å². The number of rotatable bonds is 4. The number of nitrogens with one attached hydrogen (secondary N) is 3. The van der Waals surface area contributed by atoms with Gasteiger partial charge in [0.05, 0.1) is 0 Å². The van der Waals surface area contributed by atoms with Crippen LogP contribution in [0.25, 0.3) is 10.9 Å². The lowest BCUT2D eigenvalue weighted by atomic mass is 10.1. The zero-order valence-corrected chi connectivity index (χ0v) is 14.6. The van der Waals surface area contributed by atoms with E-state index in [0.29, 0.717) is 23.4 Å². The third-order valence-corrected chi connectivity index (χ3v) is 3.99. The van der Waals surface area contributed by atoms with E-state index in [9.17, 15) is 14.4 Å². The average molecular weight is 349 g/mol. The van der Waals surface area contributed by atoms with Crippen molar-refractivity contribution < 1.29 is 9.59 Å². The Kier molecular flexibility index (Phi) is 4.84. The highest BCUT2D eigenvalue weighted by Crippen LogP contribution is 2.14. The van der Waals surface area contributed by atoms with Crippen LogP contribution in [0.4, 0.5) is 5.69 Å². The zero-order chi connectivity index (χ0) is 18.7. The van der Waals surface area contributed by atoms with Crippen LogP contribution in [0.15, 0.2) is 53.3 Å². The van der Waals surface area contributed by atoms with Crippen molar-refractivity contribution in [2.75, 3.05) is 5.32 Å². The highest BCUT2D eigenvalue weighted by molar-refractivity contribution is 5.96. The van der Waals surface area contributed by atoms with E-state index in [-0.39, 0.29) is 17.4 Å². The molecule has 132 valence electrons. The third-order valence-electron chi connectivity index (χ3n) is 3.99. The van der Waals surface area contributed by atoms with Gasteiger partial charge in [0.2, 0.25) is 5.91 Å². The number of hydrogen-bond donors (Lipinski definition) is 3. The van der Waals surface area contributed by atoms with Crippen molar-refractivity contribution in [3.05, 3.63) is 75.6 Å². The molecular weight excluding hydrogens is 330 g/mol. The number of aromatic amines is 1. The second-order valence-electron chi connectivity index (χ2n) is 6.15. The van der Waals surface area contributed by atoms with Gasteiger partial charge >= 0.3 is 0 Å². The molecule has 2 amide bonds. The third kappa shape index (κ3) is 3.97. The summed E-state index contributed by atoms with van der Waals surface area (Å²) in [6.07, 6.45) is 0. The summed E-state index contributed by atoms with van der Waals surface area (Å²) in [5.41, 5.74) is 3.28. The Morgan fingerprint density at radius 1 is 1.08 bits per heavy atom. The van der Waals surface area contributed by atoms with E-state index in [1.807, 2.05) is 24.3 Å². The van der Waals surface area contributed by atoms with Gasteiger partial charge in [0, 0.05) is 35.8 Å². The topological polar surface area (TPSA) is 91.1 Å². The molecule has 1 heterocycles. The van der Waals surface area contributed by atoms with Gasteiger partial charge in [-0.1, -0.05) is 12.1 Å². The quantitative estimate of drug-likeness (QED) is 0.676. The van der Waals surface area contributed by atoms with Crippen LogP contribution >= 0.6 is 0 Å². The van der Waals surface area contributed by atoms with Crippen LogP contribution in [0.2, 0.25) is 0 Å². The SMILES string of the molecule is CC(=O)Nc1cccc(C(=O)NCc2ccc3[nH]c(=O)c(C)cc3c2)c1. The molecule has 0 bridgehead atoms. The minimum absolute atomic E-state index is 0.0994. The molecule has 0 aliphatic rings. The van der Waals surface area contributed by atoms with Gasteiger partial charge in [-0.15, -0.1) is 0 Å². The highest BCUT2D eigenvalue weighted by atomic mass is 16.2. The van der Waals surface area contributed by atoms with Crippen molar-refractivity contribution in [3.63, 3.8) is 0 Å². The molecule has 3 aromatic rings. The number of carbonyl (C=O) groups is 2. The van der Waals surface area contributed by atoms with Crippen molar-refractivity contribution >= 4 is 28.4 Å². The normalized spacial score (nSPS) is 10.5. The Bertz CT molecular complexity index is 1050. The molecule has 0 saturated heterocycles. The summed E-state index contributed by atoms with van der Waals surface area (Å²) in [6, 6.07) is 14.2. The second kappa shape index (κ2) is 7.23. The van der Waals surface area contributed by atoms with Crippen LogP contribution in [0.1, 0.15) is 28.4 Å². The molecule has 0 fully saturated rings. The van der Waals surface area contributed by atoms with Gasteiger partial charge in [-0.05, 0) is 54.3 Å². The Hall–Kier alpha value is -3.41. The smallest absolute Gasteiger partial charge is 0.251 e. The molecule has 0 saturated carbocycles. The number of carbonyl (C=O) groups excluding carboxylic acids is 2. The van der Waals surface area contributed by atoms with E-state index in [1.165, 1.54) is 6.92 Å². The van der Waals surface area contributed by atoms with E-state index >= 15 is 0 Å². The maximum atomic E-state index is 12.3. The van der Waals surface area contributed by atoms with E-state index in [1.54, 1.807) is 31.2 Å². The number of hydrogen-bond acceptors (Lipinski definition) is 3. The number of H-pyrrole nitrogens is 1. The predicted molar refractivity (Wildman–Crippen MR) is 101 cm³/mol. The molecule has 0 aliphatic carbocycles. The Balaban J connectivity index is 1.73. The summed E-state index contributed by atoms with van der Waals surface area (Å²) in [5, 5.41) is 6.44. The highest BCUT2D eigenvalue weighted by Gasteiger charge is 2.07. The first-order valence-corrected chi connectivity index (χ1v) is 8.21. The summed E-state index contributed by atoms with van der Waals surface area (Å²) >= 11 is 0. The number of aromatic nitrogens is 1. The summed E-state index contributed by atoms with van der Waals surface area (Å²) in [4.78, 5) is 37.9. The van der Waals surface area contributed by atoms with Gasteiger partial charge in [-0.2, -0.15) is 0 Å². The number of anilines is 1. The van der Waals surface area contributed by atoms with Gasteiger partial charge in [0.25, 0.3) is 11.5 Å². The van der Waals surface area contributed by atoms with Crippen LogP contribution < -0.4 is 16.2 Å². The van der Waals surface area contributed by atoms with Gasteiger partial charge in [-0.25, -0.2) is 0 Å². The average Bonchev–Trinajstić information content (AvgIpc) is 2.60. The molecule has 3 N–H and O–H groups in total. The molecule has 0 atom stereocenters. The van der Waals surface area contributed by atoms with E-state index in [0.717, 1.165) is 16.5 Å². The molecule has 3 rings (SSSR count). The molecule has 1 aromatic heterocycles. The molecule has 26 heavy (non-hydrogen) atoms. The van der Waals surface area contributed by atoms with Crippen LogP contribution in [-0.4, -0.2) is 16.8 Å².